The fourth-order valence-electron chi connectivity index (χ4n) is 5.60. The zero-order chi connectivity index (χ0) is 20.2. The maximum Gasteiger partial charge on any atom is 0.222 e. The Morgan fingerprint density at radius 1 is 0.931 bits per heavy atom. The Morgan fingerprint density at radius 3 is 2.41 bits per heavy atom. The highest BCUT2D eigenvalue weighted by molar-refractivity contribution is 5.77. The van der Waals surface area contributed by atoms with Crippen molar-refractivity contribution in [2.75, 3.05) is 32.7 Å². The Morgan fingerprint density at radius 2 is 1.69 bits per heavy atom. The van der Waals surface area contributed by atoms with E-state index in [-0.39, 0.29) is 5.91 Å². The van der Waals surface area contributed by atoms with Crippen LogP contribution in [-0.4, -0.2) is 71.3 Å². The van der Waals surface area contributed by atoms with Crippen LogP contribution in [0.5, 0.6) is 0 Å². The molecule has 3 heterocycles. The van der Waals surface area contributed by atoms with E-state index in [4.69, 9.17) is 0 Å². The summed E-state index contributed by atoms with van der Waals surface area (Å²) >= 11 is 0. The molecule has 158 valence electrons. The van der Waals surface area contributed by atoms with E-state index < -0.39 is 0 Å². The molecular weight excluding hydrogens is 362 g/mol. The molecular formula is C24H35N3O2. The summed E-state index contributed by atoms with van der Waals surface area (Å²) in [5, 5.41) is 0. The van der Waals surface area contributed by atoms with Crippen molar-refractivity contribution in [1.82, 2.24) is 14.7 Å². The highest BCUT2D eigenvalue weighted by Gasteiger charge is 2.42. The number of piperidine rings is 1. The molecule has 1 aromatic carbocycles. The molecule has 4 rings (SSSR count). The van der Waals surface area contributed by atoms with Gasteiger partial charge in [-0.25, -0.2) is 0 Å². The number of rotatable bonds is 4. The first-order chi connectivity index (χ1) is 14.1. The molecule has 0 spiro atoms. The van der Waals surface area contributed by atoms with Gasteiger partial charge in [0, 0.05) is 51.6 Å². The number of nitrogens with zero attached hydrogens (tertiary/aromatic N) is 3. The van der Waals surface area contributed by atoms with E-state index in [0.717, 1.165) is 52.0 Å². The number of carbonyl (C=O) groups is 2. The third kappa shape index (κ3) is 4.82. The lowest BCUT2D eigenvalue weighted by atomic mass is 9.95. The van der Waals surface area contributed by atoms with Crippen LogP contribution in [0.3, 0.4) is 0 Å². The Balaban J connectivity index is 1.35. The zero-order valence-electron chi connectivity index (χ0n) is 17.8. The predicted molar refractivity (Wildman–Crippen MR) is 114 cm³/mol. The van der Waals surface area contributed by atoms with Gasteiger partial charge in [-0.05, 0) is 50.1 Å². The van der Waals surface area contributed by atoms with Gasteiger partial charge in [0.25, 0.3) is 0 Å². The molecule has 3 saturated heterocycles. The molecule has 3 aliphatic heterocycles. The third-order valence-corrected chi connectivity index (χ3v) is 7.28. The predicted octanol–water partition coefficient (Wildman–Crippen LogP) is 2.94. The molecule has 0 aromatic heterocycles. The van der Waals surface area contributed by atoms with Gasteiger partial charge in [0.15, 0.2) is 0 Å². The molecule has 2 amide bonds. The quantitative estimate of drug-likeness (QED) is 0.785. The summed E-state index contributed by atoms with van der Waals surface area (Å²) in [4.78, 5) is 31.4. The Labute approximate surface area is 175 Å². The monoisotopic (exact) mass is 397 g/mol. The minimum absolute atomic E-state index is 0.202. The minimum atomic E-state index is 0.202. The smallest absolute Gasteiger partial charge is 0.222 e. The van der Waals surface area contributed by atoms with Crippen LogP contribution in [0.1, 0.15) is 51.0 Å². The van der Waals surface area contributed by atoms with Crippen LogP contribution in [0.15, 0.2) is 30.3 Å². The van der Waals surface area contributed by atoms with Gasteiger partial charge < -0.3 is 9.80 Å². The zero-order valence-corrected chi connectivity index (χ0v) is 17.8. The second-order valence-corrected chi connectivity index (χ2v) is 9.08. The van der Waals surface area contributed by atoms with Crippen molar-refractivity contribution in [3.05, 3.63) is 35.9 Å². The van der Waals surface area contributed by atoms with Crippen LogP contribution < -0.4 is 0 Å². The van der Waals surface area contributed by atoms with E-state index in [1.54, 1.807) is 6.92 Å². The molecule has 1 aromatic rings. The molecule has 2 atom stereocenters. The normalized spacial score (nSPS) is 26.2. The van der Waals surface area contributed by atoms with Crippen LogP contribution in [0.2, 0.25) is 0 Å². The van der Waals surface area contributed by atoms with E-state index in [2.05, 4.69) is 21.9 Å². The van der Waals surface area contributed by atoms with E-state index in [0.29, 0.717) is 30.3 Å². The number of fused-ring (bicyclic) bond motifs is 1. The van der Waals surface area contributed by atoms with Crippen LogP contribution in [0.25, 0.3) is 0 Å². The van der Waals surface area contributed by atoms with Gasteiger partial charge in [0.2, 0.25) is 11.8 Å². The maximum atomic E-state index is 12.9. The molecule has 0 saturated carbocycles. The fraction of sp³-hybridized carbons (Fsp3) is 0.667. The molecule has 3 fully saturated rings. The molecule has 0 bridgehead atoms. The topological polar surface area (TPSA) is 43.9 Å². The lowest BCUT2D eigenvalue weighted by molar-refractivity contribution is -0.131. The van der Waals surface area contributed by atoms with Crippen LogP contribution >= 0.6 is 0 Å². The molecule has 3 aliphatic rings. The summed E-state index contributed by atoms with van der Waals surface area (Å²) in [6, 6.07) is 11.4. The first-order valence-corrected chi connectivity index (χ1v) is 11.4. The molecule has 0 N–H and O–H groups in total. The number of carbonyl (C=O) groups excluding carboxylic acids is 2. The third-order valence-electron chi connectivity index (χ3n) is 7.28. The van der Waals surface area contributed by atoms with Crippen molar-refractivity contribution in [3.63, 3.8) is 0 Å². The van der Waals surface area contributed by atoms with Crippen molar-refractivity contribution >= 4 is 11.8 Å². The second-order valence-electron chi connectivity index (χ2n) is 9.08. The summed E-state index contributed by atoms with van der Waals surface area (Å²) in [6.07, 6.45) is 7.38. The van der Waals surface area contributed by atoms with Gasteiger partial charge in [-0.2, -0.15) is 0 Å². The SMILES string of the molecule is CC(=O)N1CCC(N2CCCC[C@H]3CN(C(=O)CCc4ccccc4)C[C@H]32)CC1. The molecule has 5 heteroatoms. The van der Waals surface area contributed by atoms with Crippen molar-refractivity contribution in [1.29, 1.82) is 0 Å². The Kier molecular flexibility index (Phi) is 6.53. The molecule has 29 heavy (non-hydrogen) atoms. The van der Waals surface area contributed by atoms with Crippen molar-refractivity contribution < 1.29 is 9.59 Å². The van der Waals surface area contributed by atoms with Crippen LogP contribution in [0.4, 0.5) is 0 Å². The second kappa shape index (κ2) is 9.29. The van der Waals surface area contributed by atoms with Crippen LogP contribution in [0, 0.1) is 5.92 Å². The van der Waals surface area contributed by atoms with E-state index in [1.807, 2.05) is 23.1 Å². The van der Waals surface area contributed by atoms with Crippen molar-refractivity contribution in [2.24, 2.45) is 5.92 Å². The Bertz CT molecular complexity index is 699. The molecule has 5 nitrogen and oxygen atoms in total. The van der Waals surface area contributed by atoms with Gasteiger partial charge in [0.05, 0.1) is 0 Å². The number of likely N-dealkylation sites (tertiary alicyclic amines) is 3. The summed E-state index contributed by atoms with van der Waals surface area (Å²) < 4.78 is 0. The van der Waals surface area contributed by atoms with E-state index in [1.165, 1.54) is 24.8 Å². The van der Waals surface area contributed by atoms with Gasteiger partial charge in [0.1, 0.15) is 0 Å². The van der Waals surface area contributed by atoms with Crippen LogP contribution in [-0.2, 0) is 16.0 Å². The highest BCUT2D eigenvalue weighted by atomic mass is 16.2. The van der Waals surface area contributed by atoms with Gasteiger partial charge in [-0.15, -0.1) is 0 Å². The van der Waals surface area contributed by atoms with Crippen molar-refractivity contribution in [2.45, 2.75) is 64.0 Å². The maximum absolute atomic E-state index is 12.9. The lowest BCUT2D eigenvalue weighted by Gasteiger charge is -2.41. The van der Waals surface area contributed by atoms with E-state index >= 15 is 0 Å². The summed E-state index contributed by atoms with van der Waals surface area (Å²) in [6.45, 7) is 6.42. The summed E-state index contributed by atoms with van der Waals surface area (Å²) in [5.41, 5.74) is 1.24. The average Bonchev–Trinajstić information content (AvgIpc) is 3.07. The number of benzene rings is 1. The lowest BCUT2D eigenvalue weighted by Crippen LogP contribution is -2.52. The van der Waals surface area contributed by atoms with Gasteiger partial charge >= 0.3 is 0 Å². The molecule has 0 unspecified atom stereocenters. The number of amides is 2. The molecule has 0 radical (unpaired) electrons. The summed E-state index contributed by atoms with van der Waals surface area (Å²) in [5.74, 6) is 1.13. The average molecular weight is 398 g/mol. The highest BCUT2D eigenvalue weighted by Crippen LogP contribution is 2.33. The number of hydrogen-bond donors (Lipinski definition) is 0. The minimum Gasteiger partial charge on any atom is -0.343 e. The van der Waals surface area contributed by atoms with Gasteiger partial charge in [-0.3, -0.25) is 14.5 Å². The standard InChI is InChI=1S/C24H35N3O2/c1-19(28)25-15-12-22(13-16-25)27-14-6-5-9-21-17-26(18-23(21)27)24(29)11-10-20-7-3-2-4-8-20/h2-4,7-8,21-23H,5-6,9-18H2,1H3/t21-,23+/m0/s1. The first kappa shape index (κ1) is 20.4. The Hall–Kier alpha value is -1.88. The number of hydrogen-bond acceptors (Lipinski definition) is 3. The summed E-state index contributed by atoms with van der Waals surface area (Å²) in [7, 11) is 0. The number of aryl methyl sites for hydroxylation is 1. The van der Waals surface area contributed by atoms with Gasteiger partial charge in [-0.1, -0.05) is 36.8 Å². The molecule has 0 aliphatic carbocycles. The largest absolute Gasteiger partial charge is 0.343 e. The first-order valence-electron chi connectivity index (χ1n) is 11.4. The fourth-order valence-corrected chi connectivity index (χ4v) is 5.60. The van der Waals surface area contributed by atoms with Crippen molar-refractivity contribution in [3.8, 4) is 0 Å². The van der Waals surface area contributed by atoms with E-state index in [9.17, 15) is 9.59 Å².